The molecule has 0 spiro atoms. The van der Waals surface area contributed by atoms with Crippen molar-refractivity contribution in [1.29, 1.82) is 0 Å². The summed E-state index contributed by atoms with van der Waals surface area (Å²) in [5, 5.41) is 3.12. The molecule has 0 aliphatic rings. The van der Waals surface area contributed by atoms with Crippen molar-refractivity contribution in [3.63, 3.8) is 0 Å². The van der Waals surface area contributed by atoms with Crippen LogP contribution < -0.4 is 10.0 Å². The summed E-state index contributed by atoms with van der Waals surface area (Å²) in [4.78, 5) is 2.27. The van der Waals surface area contributed by atoms with Crippen LogP contribution in [0.25, 0.3) is 0 Å². The van der Waals surface area contributed by atoms with Crippen LogP contribution in [-0.4, -0.2) is 58.3 Å². The molecule has 0 aromatic heterocycles. The Morgan fingerprint density at radius 1 is 1.11 bits per heavy atom. The van der Waals surface area contributed by atoms with Gasteiger partial charge in [-0.15, -0.1) is 0 Å². The predicted molar refractivity (Wildman–Crippen MR) is 82.0 cm³/mol. The highest BCUT2D eigenvalue weighted by Gasteiger charge is 2.08. The first-order valence-electron chi connectivity index (χ1n) is 7.27. The molecule has 0 saturated heterocycles. The fraction of sp³-hybridized carbons (Fsp3) is 1.00. The van der Waals surface area contributed by atoms with Crippen molar-refractivity contribution in [2.24, 2.45) is 0 Å². The van der Waals surface area contributed by atoms with Gasteiger partial charge in [-0.2, -0.15) is 0 Å². The molecule has 0 bridgehead atoms. The van der Waals surface area contributed by atoms with Crippen molar-refractivity contribution < 1.29 is 8.42 Å². The third-order valence-corrected chi connectivity index (χ3v) is 4.63. The molecule has 0 heterocycles. The summed E-state index contributed by atoms with van der Waals surface area (Å²) in [5.41, 5.74) is 0. The van der Waals surface area contributed by atoms with Gasteiger partial charge in [0.2, 0.25) is 10.0 Å². The second-order valence-electron chi connectivity index (χ2n) is 5.20. The molecule has 0 radical (unpaired) electrons. The smallest absolute Gasteiger partial charge is 0.211 e. The van der Waals surface area contributed by atoms with E-state index in [0.29, 0.717) is 19.0 Å². The van der Waals surface area contributed by atoms with Gasteiger partial charge in [0.25, 0.3) is 0 Å². The fourth-order valence-corrected chi connectivity index (χ4v) is 2.73. The molecule has 0 aliphatic carbocycles. The van der Waals surface area contributed by atoms with Crippen LogP contribution in [0, 0.1) is 0 Å². The first-order valence-corrected chi connectivity index (χ1v) is 8.92. The van der Waals surface area contributed by atoms with Gasteiger partial charge in [0.1, 0.15) is 0 Å². The maximum absolute atomic E-state index is 11.6. The van der Waals surface area contributed by atoms with Crippen molar-refractivity contribution >= 4 is 10.0 Å². The van der Waals surface area contributed by atoms with Gasteiger partial charge in [0.15, 0.2) is 0 Å². The van der Waals surface area contributed by atoms with Crippen LogP contribution >= 0.6 is 0 Å². The van der Waals surface area contributed by atoms with E-state index in [1.807, 2.05) is 6.92 Å². The Balaban J connectivity index is 3.58. The number of rotatable bonds is 12. The van der Waals surface area contributed by atoms with Gasteiger partial charge >= 0.3 is 0 Å². The highest BCUT2D eigenvalue weighted by atomic mass is 32.2. The average Bonchev–Trinajstić information content (AvgIpc) is 2.33. The van der Waals surface area contributed by atoms with E-state index in [1.54, 1.807) is 0 Å². The summed E-state index contributed by atoms with van der Waals surface area (Å²) >= 11 is 0. The van der Waals surface area contributed by atoms with Gasteiger partial charge in [-0.3, -0.25) is 0 Å². The number of nitrogens with one attached hydrogen (secondary N) is 2. The molecule has 0 rings (SSSR count). The standard InChI is InChI=1S/C13H31N3O2S/c1-5-14-9-8-12-19(17,18)15-10-6-7-11-16(4)13(2)3/h13-15H,5-12H2,1-4H3. The summed E-state index contributed by atoms with van der Waals surface area (Å²) in [6.45, 7) is 9.55. The monoisotopic (exact) mass is 293 g/mol. The number of hydrogen-bond acceptors (Lipinski definition) is 4. The lowest BCUT2D eigenvalue weighted by Gasteiger charge is -2.20. The molecule has 0 aromatic carbocycles. The van der Waals surface area contributed by atoms with E-state index >= 15 is 0 Å². The van der Waals surface area contributed by atoms with Crippen LogP contribution in [0.4, 0.5) is 0 Å². The Kier molecular flexibility index (Phi) is 10.5. The fourth-order valence-electron chi connectivity index (χ4n) is 1.61. The van der Waals surface area contributed by atoms with Crippen molar-refractivity contribution in [2.75, 3.05) is 39.0 Å². The lowest BCUT2D eigenvalue weighted by Crippen LogP contribution is -2.30. The van der Waals surface area contributed by atoms with Crippen LogP contribution in [-0.2, 0) is 10.0 Å². The van der Waals surface area contributed by atoms with E-state index in [2.05, 4.69) is 35.8 Å². The maximum Gasteiger partial charge on any atom is 0.211 e. The van der Waals surface area contributed by atoms with Crippen molar-refractivity contribution in [3.05, 3.63) is 0 Å². The SMILES string of the molecule is CCNCCCS(=O)(=O)NCCCCN(C)C(C)C. The summed E-state index contributed by atoms with van der Waals surface area (Å²) in [5.74, 6) is 0.214. The van der Waals surface area contributed by atoms with E-state index in [1.165, 1.54) is 0 Å². The zero-order valence-electron chi connectivity index (χ0n) is 12.9. The van der Waals surface area contributed by atoms with Crippen LogP contribution in [0.15, 0.2) is 0 Å². The van der Waals surface area contributed by atoms with Crippen LogP contribution in [0.2, 0.25) is 0 Å². The number of hydrogen-bond donors (Lipinski definition) is 2. The summed E-state index contributed by atoms with van der Waals surface area (Å²) in [6.07, 6.45) is 2.58. The first-order chi connectivity index (χ1) is 8.89. The molecule has 0 atom stereocenters. The third kappa shape index (κ3) is 11.4. The van der Waals surface area contributed by atoms with Crippen molar-refractivity contribution in [3.8, 4) is 0 Å². The van der Waals surface area contributed by atoms with E-state index in [0.717, 1.165) is 32.5 Å². The van der Waals surface area contributed by atoms with Gasteiger partial charge in [-0.05, 0) is 59.8 Å². The Morgan fingerprint density at radius 2 is 1.79 bits per heavy atom. The molecule has 19 heavy (non-hydrogen) atoms. The largest absolute Gasteiger partial charge is 0.317 e. The number of nitrogens with zero attached hydrogens (tertiary/aromatic N) is 1. The van der Waals surface area contributed by atoms with Crippen LogP contribution in [0.3, 0.4) is 0 Å². The molecule has 0 aliphatic heterocycles. The topological polar surface area (TPSA) is 61.4 Å². The molecule has 0 saturated carbocycles. The molecule has 2 N–H and O–H groups in total. The Hall–Kier alpha value is -0.170. The molecule has 0 amide bonds. The van der Waals surface area contributed by atoms with Gasteiger partial charge < -0.3 is 10.2 Å². The Labute approximate surface area is 119 Å². The summed E-state index contributed by atoms with van der Waals surface area (Å²) < 4.78 is 26.0. The minimum absolute atomic E-state index is 0.214. The zero-order chi connectivity index (χ0) is 14.7. The van der Waals surface area contributed by atoms with Crippen LogP contribution in [0.1, 0.15) is 40.0 Å². The van der Waals surface area contributed by atoms with Crippen molar-refractivity contribution in [1.82, 2.24) is 14.9 Å². The van der Waals surface area contributed by atoms with Crippen LogP contribution in [0.5, 0.6) is 0 Å². The highest BCUT2D eigenvalue weighted by molar-refractivity contribution is 7.89. The van der Waals surface area contributed by atoms with Gasteiger partial charge in [0.05, 0.1) is 5.75 Å². The normalized spacial score (nSPS) is 12.5. The first kappa shape index (κ1) is 18.8. The molecular weight excluding hydrogens is 262 g/mol. The summed E-state index contributed by atoms with van der Waals surface area (Å²) in [7, 11) is -0.990. The molecule has 0 aromatic rings. The van der Waals surface area contributed by atoms with Gasteiger partial charge in [-0.1, -0.05) is 6.92 Å². The molecule has 6 heteroatoms. The summed E-state index contributed by atoms with van der Waals surface area (Å²) in [6, 6.07) is 0.544. The molecule has 0 fully saturated rings. The van der Waals surface area contributed by atoms with Gasteiger partial charge in [-0.25, -0.2) is 13.1 Å². The second kappa shape index (κ2) is 10.6. The number of sulfonamides is 1. The lowest BCUT2D eigenvalue weighted by molar-refractivity contribution is 0.268. The molecule has 5 nitrogen and oxygen atoms in total. The molecule has 116 valence electrons. The second-order valence-corrected chi connectivity index (χ2v) is 7.13. The zero-order valence-corrected chi connectivity index (χ0v) is 13.7. The minimum Gasteiger partial charge on any atom is -0.317 e. The molecule has 0 unspecified atom stereocenters. The molecular formula is C13H31N3O2S. The maximum atomic E-state index is 11.6. The van der Waals surface area contributed by atoms with Gasteiger partial charge in [0, 0.05) is 12.6 Å². The lowest BCUT2D eigenvalue weighted by atomic mass is 10.2. The highest BCUT2D eigenvalue weighted by Crippen LogP contribution is 1.98. The Bertz CT molecular complexity index is 305. The predicted octanol–water partition coefficient (Wildman–Crippen LogP) is 1.03. The van der Waals surface area contributed by atoms with Crippen molar-refractivity contribution in [2.45, 2.75) is 46.1 Å². The third-order valence-electron chi connectivity index (χ3n) is 3.16. The van der Waals surface area contributed by atoms with E-state index in [-0.39, 0.29) is 5.75 Å². The Morgan fingerprint density at radius 3 is 2.37 bits per heavy atom. The quantitative estimate of drug-likeness (QED) is 0.528. The van der Waals surface area contributed by atoms with E-state index < -0.39 is 10.0 Å². The number of unbranched alkanes of at least 4 members (excludes halogenated alkanes) is 1. The minimum atomic E-state index is -3.08. The van der Waals surface area contributed by atoms with E-state index in [4.69, 9.17) is 0 Å². The average molecular weight is 293 g/mol. The van der Waals surface area contributed by atoms with E-state index in [9.17, 15) is 8.42 Å².